The number of alkyl halides is 2. The maximum absolute atomic E-state index is 13.6. The van der Waals surface area contributed by atoms with Crippen molar-refractivity contribution in [2.45, 2.75) is 16.1 Å². The number of rotatable bonds is 5. The summed E-state index contributed by atoms with van der Waals surface area (Å²) >= 11 is 19.4. The fraction of sp³-hybridized carbons (Fsp3) is 0.333. The lowest BCUT2D eigenvalue weighted by molar-refractivity contribution is -0.154. The second-order valence-corrected chi connectivity index (χ2v) is 11.7. The van der Waals surface area contributed by atoms with Crippen LogP contribution in [0.3, 0.4) is 0 Å². The van der Waals surface area contributed by atoms with Gasteiger partial charge in [0.05, 0.1) is 21.9 Å². The van der Waals surface area contributed by atoms with E-state index in [1.165, 1.54) is 18.2 Å². The molecule has 3 aliphatic rings. The number of nitrogens with zero attached hydrogens (tertiary/aromatic N) is 2. The lowest BCUT2D eigenvalue weighted by atomic mass is 9.81. The van der Waals surface area contributed by atoms with Crippen LogP contribution in [0.2, 0.25) is 10.0 Å². The highest BCUT2D eigenvalue weighted by Crippen LogP contribution is 2.60. The third kappa shape index (κ3) is 3.74. The van der Waals surface area contributed by atoms with Gasteiger partial charge in [-0.25, -0.2) is 5.01 Å². The molecule has 3 amide bonds. The van der Waals surface area contributed by atoms with Crippen LogP contribution < -0.4 is 0 Å². The number of hydrogen-bond donors (Lipinski definition) is 0. The van der Waals surface area contributed by atoms with E-state index in [1.807, 2.05) is 0 Å². The van der Waals surface area contributed by atoms with Gasteiger partial charge >= 0.3 is 0 Å². The summed E-state index contributed by atoms with van der Waals surface area (Å²) in [5, 5.41) is 2.27. The molecule has 2 aromatic rings. The Bertz CT molecular complexity index is 1180. The molecule has 2 saturated carbocycles. The van der Waals surface area contributed by atoms with Crippen LogP contribution in [0.4, 0.5) is 0 Å². The molecule has 0 spiro atoms. The van der Waals surface area contributed by atoms with Gasteiger partial charge in [-0.15, -0.1) is 0 Å². The van der Waals surface area contributed by atoms with Gasteiger partial charge in [-0.2, -0.15) is 5.01 Å². The monoisotopic (exact) mass is 626 g/mol. The Morgan fingerprint density at radius 3 is 2.03 bits per heavy atom. The zero-order chi connectivity index (χ0) is 24.3. The largest absolute Gasteiger partial charge is 0.292 e. The molecule has 176 valence electrons. The molecule has 0 radical (unpaired) electrons. The summed E-state index contributed by atoms with van der Waals surface area (Å²) in [4.78, 5) is 53.9. The fourth-order valence-electron chi connectivity index (χ4n) is 5.43. The highest BCUT2D eigenvalue weighted by molar-refractivity contribution is 9.12. The topological polar surface area (TPSA) is 74.8 Å². The Balaban J connectivity index is 1.52. The van der Waals surface area contributed by atoms with E-state index in [4.69, 9.17) is 23.2 Å². The van der Waals surface area contributed by atoms with Crippen LogP contribution in [0, 0.1) is 23.7 Å². The minimum absolute atomic E-state index is 0.0208. The summed E-state index contributed by atoms with van der Waals surface area (Å²) in [6.45, 7) is -0.467. The molecule has 3 fully saturated rings. The van der Waals surface area contributed by atoms with Crippen molar-refractivity contribution in [3.63, 3.8) is 0 Å². The zero-order valence-corrected chi connectivity index (χ0v) is 22.2. The number of amides is 3. The van der Waals surface area contributed by atoms with Crippen LogP contribution in [0.1, 0.15) is 27.1 Å². The van der Waals surface area contributed by atoms with Crippen LogP contribution in [-0.2, 0) is 9.59 Å². The number of benzene rings is 2. The van der Waals surface area contributed by atoms with Crippen LogP contribution >= 0.6 is 55.1 Å². The summed E-state index contributed by atoms with van der Waals surface area (Å²) in [5.74, 6) is -3.05. The minimum Gasteiger partial charge on any atom is -0.292 e. The van der Waals surface area contributed by atoms with Gasteiger partial charge in [0.1, 0.15) is 6.54 Å². The van der Waals surface area contributed by atoms with Crippen LogP contribution in [0.5, 0.6) is 0 Å². The van der Waals surface area contributed by atoms with E-state index in [-0.39, 0.29) is 37.1 Å². The number of ketones is 1. The third-order valence-corrected chi connectivity index (χ3v) is 10.9. The van der Waals surface area contributed by atoms with Gasteiger partial charge in [0.2, 0.25) is 0 Å². The molecular weight excluding hydrogens is 611 g/mol. The molecule has 10 heteroatoms. The Morgan fingerprint density at radius 2 is 1.47 bits per heavy atom. The molecule has 0 aromatic heterocycles. The Morgan fingerprint density at radius 1 is 0.882 bits per heavy atom. The summed E-state index contributed by atoms with van der Waals surface area (Å²) in [6.07, 6.45) is 0.760. The number of halogens is 4. The molecule has 0 unspecified atom stereocenters. The third-order valence-electron chi connectivity index (χ3n) is 7.00. The van der Waals surface area contributed by atoms with Crippen molar-refractivity contribution in [3.8, 4) is 0 Å². The van der Waals surface area contributed by atoms with Crippen molar-refractivity contribution in [1.82, 2.24) is 10.0 Å². The van der Waals surface area contributed by atoms with Gasteiger partial charge < -0.3 is 0 Å². The van der Waals surface area contributed by atoms with E-state index in [9.17, 15) is 19.2 Å². The highest BCUT2D eigenvalue weighted by atomic mass is 79.9. The van der Waals surface area contributed by atoms with Crippen LogP contribution in [-0.4, -0.2) is 49.7 Å². The molecule has 0 N–H and O–H groups in total. The molecular formula is C24H18Br2Cl2N2O4. The number of carbonyl (C=O) groups excluding carboxylic acids is 4. The first-order valence-corrected chi connectivity index (χ1v) is 13.3. The van der Waals surface area contributed by atoms with Crippen molar-refractivity contribution in [3.05, 3.63) is 69.7 Å². The SMILES string of the molecule is O=C(CN(C(=O)c1ccc(Cl)c(Cl)c1)N1C(=O)[C@@H]2[C@H]3C[C@@H]([C@H](Br)[C@H]3Br)[C@H]2C1=O)c1ccccc1. The number of carbonyl (C=O) groups is 4. The quantitative estimate of drug-likeness (QED) is 0.265. The lowest BCUT2D eigenvalue weighted by Crippen LogP contribution is -2.52. The number of Topliss-reactive ketones (excluding diaryl/α,β-unsaturated/α-hetero) is 1. The molecule has 2 aliphatic carbocycles. The molecule has 1 heterocycles. The minimum atomic E-state index is -0.678. The van der Waals surface area contributed by atoms with Crippen molar-refractivity contribution >= 4 is 78.6 Å². The Labute approximate surface area is 222 Å². The average molecular weight is 629 g/mol. The van der Waals surface area contributed by atoms with Crippen LogP contribution in [0.15, 0.2) is 48.5 Å². The first-order valence-electron chi connectivity index (χ1n) is 10.7. The molecule has 1 aliphatic heterocycles. The lowest BCUT2D eigenvalue weighted by Gasteiger charge is -2.31. The predicted octanol–water partition coefficient (Wildman–Crippen LogP) is 5.01. The molecule has 2 bridgehead atoms. The van der Waals surface area contributed by atoms with E-state index in [0.717, 1.165) is 16.4 Å². The molecule has 5 rings (SSSR count). The average Bonchev–Trinajstić information content (AvgIpc) is 3.44. The molecule has 2 aromatic carbocycles. The van der Waals surface area contributed by atoms with Gasteiger partial charge in [-0.05, 0) is 36.5 Å². The second kappa shape index (κ2) is 9.04. The van der Waals surface area contributed by atoms with Crippen molar-refractivity contribution in [1.29, 1.82) is 0 Å². The van der Waals surface area contributed by atoms with Crippen molar-refractivity contribution in [2.24, 2.45) is 23.7 Å². The normalized spacial score (nSPS) is 29.5. The molecule has 6 nitrogen and oxygen atoms in total. The Hall–Kier alpha value is -1.74. The van der Waals surface area contributed by atoms with Crippen molar-refractivity contribution in [2.75, 3.05) is 6.54 Å². The summed E-state index contributed by atoms with van der Waals surface area (Å²) in [7, 11) is 0. The maximum atomic E-state index is 13.6. The summed E-state index contributed by atoms with van der Waals surface area (Å²) in [5.41, 5.74) is 0.488. The van der Waals surface area contributed by atoms with E-state index in [2.05, 4.69) is 31.9 Å². The second-order valence-electron chi connectivity index (χ2n) is 8.77. The predicted molar refractivity (Wildman–Crippen MR) is 134 cm³/mol. The number of fused-ring (bicyclic) bond motifs is 5. The zero-order valence-electron chi connectivity index (χ0n) is 17.5. The maximum Gasteiger partial charge on any atom is 0.273 e. The first kappa shape index (κ1) is 24.0. The van der Waals surface area contributed by atoms with E-state index < -0.39 is 41.9 Å². The van der Waals surface area contributed by atoms with Gasteiger partial charge in [-0.1, -0.05) is 85.4 Å². The summed E-state index contributed by atoms with van der Waals surface area (Å²) < 4.78 is 0. The number of imide groups is 1. The fourth-order valence-corrected chi connectivity index (χ4v) is 7.61. The Kier molecular flexibility index (Phi) is 6.38. The summed E-state index contributed by atoms with van der Waals surface area (Å²) in [6, 6.07) is 12.7. The van der Waals surface area contributed by atoms with Gasteiger partial charge in [0.25, 0.3) is 17.7 Å². The molecule has 6 atom stereocenters. The van der Waals surface area contributed by atoms with E-state index >= 15 is 0 Å². The number of hydrogen-bond acceptors (Lipinski definition) is 4. The van der Waals surface area contributed by atoms with E-state index in [0.29, 0.717) is 5.56 Å². The van der Waals surface area contributed by atoms with E-state index in [1.54, 1.807) is 30.3 Å². The highest BCUT2D eigenvalue weighted by Gasteiger charge is 2.67. The molecule has 1 saturated heterocycles. The molecule has 34 heavy (non-hydrogen) atoms. The van der Waals surface area contributed by atoms with Crippen LogP contribution in [0.25, 0.3) is 0 Å². The van der Waals surface area contributed by atoms with Gasteiger partial charge in [0, 0.05) is 20.8 Å². The standard InChI is InChI=1S/C24H18Br2Cl2N2O4/c25-20-13-9-14(21(20)26)19-18(13)23(33)30(24(19)34)29(10-17(31)11-4-2-1-3-5-11)22(32)12-6-7-15(27)16(28)8-12/h1-8,13-14,18-21H,9-10H2/t13-,14-,18-,19-,20+,21+/m1/s1. The number of hydrazine groups is 1. The first-order chi connectivity index (χ1) is 16.2. The van der Waals surface area contributed by atoms with Crippen molar-refractivity contribution < 1.29 is 19.2 Å². The van der Waals surface area contributed by atoms with Gasteiger partial charge in [-0.3, -0.25) is 19.2 Å². The smallest absolute Gasteiger partial charge is 0.273 e. The van der Waals surface area contributed by atoms with Gasteiger partial charge in [0.15, 0.2) is 5.78 Å².